The van der Waals surface area contributed by atoms with Gasteiger partial charge in [0.25, 0.3) is 0 Å². The van der Waals surface area contributed by atoms with E-state index in [2.05, 4.69) is 0 Å². The van der Waals surface area contributed by atoms with Crippen LogP contribution in [0.15, 0.2) is 16.5 Å². The topological polar surface area (TPSA) is 59.8 Å². The van der Waals surface area contributed by atoms with Crippen LogP contribution in [0.4, 0.5) is 0 Å². The van der Waals surface area contributed by atoms with Crippen LogP contribution in [0.1, 0.15) is 24.9 Å². The van der Waals surface area contributed by atoms with Crippen molar-refractivity contribution >= 4 is 11.8 Å². The lowest BCUT2D eigenvalue weighted by atomic mass is 10.3. The average Bonchev–Trinajstić information content (AvgIpc) is 2.60. The lowest BCUT2D eigenvalue weighted by Crippen LogP contribution is -2.10. The van der Waals surface area contributed by atoms with Gasteiger partial charge in [0.2, 0.25) is 0 Å². The van der Waals surface area contributed by atoms with E-state index in [1.54, 1.807) is 6.07 Å². The molecule has 94 valence electrons. The zero-order chi connectivity index (χ0) is 12.8. The summed E-state index contributed by atoms with van der Waals surface area (Å²) in [6.45, 7) is 2.12. The Labute approximate surface area is 100 Å². The number of ketones is 1. The molecule has 0 amide bonds. The monoisotopic (exact) mass is 239 g/mol. The molecule has 1 aromatic heterocycles. The number of Topliss-reactive ketones (excluding diaryl/α,β-unsaturated/α-hetero) is 1. The number of rotatable bonds is 6. The summed E-state index contributed by atoms with van der Waals surface area (Å²) in [7, 11) is 3.88. The Morgan fingerprint density at radius 1 is 1.29 bits per heavy atom. The first-order valence-electron chi connectivity index (χ1n) is 5.34. The van der Waals surface area contributed by atoms with Crippen molar-refractivity contribution in [3.05, 3.63) is 23.7 Å². The highest BCUT2D eigenvalue weighted by atomic mass is 16.5. The lowest BCUT2D eigenvalue weighted by molar-refractivity contribution is -0.147. The van der Waals surface area contributed by atoms with Crippen LogP contribution in [0, 0.1) is 0 Å². The van der Waals surface area contributed by atoms with E-state index >= 15 is 0 Å². The number of nitrogens with zero attached hydrogens (tertiary/aromatic N) is 1. The molecule has 1 rings (SSSR count). The van der Waals surface area contributed by atoms with Gasteiger partial charge in [0.1, 0.15) is 30.3 Å². The van der Waals surface area contributed by atoms with Crippen molar-refractivity contribution in [3.8, 4) is 0 Å². The molecule has 0 N–H and O–H groups in total. The van der Waals surface area contributed by atoms with Crippen molar-refractivity contribution in [3.63, 3.8) is 0 Å². The molecule has 0 saturated carbocycles. The fourth-order valence-electron chi connectivity index (χ4n) is 1.30. The predicted octanol–water partition coefficient (Wildman–Crippen LogP) is 1.36. The van der Waals surface area contributed by atoms with Crippen molar-refractivity contribution in [2.45, 2.75) is 26.5 Å². The quantitative estimate of drug-likeness (QED) is 0.554. The van der Waals surface area contributed by atoms with E-state index in [9.17, 15) is 9.59 Å². The highest BCUT2D eigenvalue weighted by Crippen LogP contribution is 2.10. The van der Waals surface area contributed by atoms with Gasteiger partial charge in [-0.25, -0.2) is 0 Å². The van der Waals surface area contributed by atoms with Crippen molar-refractivity contribution < 1.29 is 18.7 Å². The van der Waals surface area contributed by atoms with Crippen molar-refractivity contribution in [2.75, 3.05) is 14.1 Å². The SMILES string of the molecule is CC(=O)CC(=O)OCc1ccc(CN(C)C)o1. The van der Waals surface area contributed by atoms with Gasteiger partial charge in [-0.05, 0) is 33.2 Å². The maximum atomic E-state index is 11.1. The number of ether oxygens (including phenoxy) is 1. The van der Waals surface area contributed by atoms with Gasteiger partial charge >= 0.3 is 5.97 Å². The largest absolute Gasteiger partial charge is 0.461 e. The van der Waals surface area contributed by atoms with Crippen LogP contribution in [-0.4, -0.2) is 30.7 Å². The van der Waals surface area contributed by atoms with Crippen LogP contribution in [0.3, 0.4) is 0 Å². The summed E-state index contributed by atoms with van der Waals surface area (Å²) in [4.78, 5) is 23.8. The summed E-state index contributed by atoms with van der Waals surface area (Å²) in [6.07, 6.45) is -0.189. The minimum atomic E-state index is -0.525. The molecule has 0 fully saturated rings. The molecule has 0 unspecified atom stereocenters. The standard InChI is InChI=1S/C12H17NO4/c1-9(14)6-12(15)16-8-11-5-4-10(17-11)7-13(2)3/h4-5H,6-8H2,1-3H3. The van der Waals surface area contributed by atoms with Crippen LogP contribution in [0.25, 0.3) is 0 Å². The van der Waals surface area contributed by atoms with E-state index in [1.165, 1.54) is 6.92 Å². The molecule has 0 bridgehead atoms. The fraction of sp³-hybridized carbons (Fsp3) is 0.500. The van der Waals surface area contributed by atoms with Gasteiger partial charge < -0.3 is 14.1 Å². The zero-order valence-corrected chi connectivity index (χ0v) is 10.4. The van der Waals surface area contributed by atoms with Crippen molar-refractivity contribution in [2.24, 2.45) is 0 Å². The van der Waals surface area contributed by atoms with E-state index in [1.807, 2.05) is 25.1 Å². The second-order valence-electron chi connectivity index (χ2n) is 4.15. The van der Waals surface area contributed by atoms with Crippen molar-refractivity contribution in [1.29, 1.82) is 0 Å². The number of hydrogen-bond donors (Lipinski definition) is 0. The maximum absolute atomic E-state index is 11.1. The molecule has 0 saturated heterocycles. The van der Waals surface area contributed by atoms with Gasteiger partial charge in [0, 0.05) is 0 Å². The van der Waals surface area contributed by atoms with E-state index < -0.39 is 5.97 Å². The third-order valence-corrected chi connectivity index (χ3v) is 1.96. The third-order valence-electron chi connectivity index (χ3n) is 1.96. The summed E-state index contributed by atoms with van der Waals surface area (Å²) in [6, 6.07) is 3.61. The number of furan rings is 1. The fourth-order valence-corrected chi connectivity index (χ4v) is 1.30. The van der Waals surface area contributed by atoms with E-state index in [0.29, 0.717) is 12.3 Å². The molecule has 0 spiro atoms. The first-order valence-corrected chi connectivity index (χ1v) is 5.34. The molecule has 5 heteroatoms. The van der Waals surface area contributed by atoms with Gasteiger partial charge in [0.05, 0.1) is 6.54 Å². The van der Waals surface area contributed by atoms with Gasteiger partial charge in [-0.2, -0.15) is 0 Å². The summed E-state index contributed by atoms with van der Waals surface area (Å²) in [5, 5.41) is 0. The molecule has 1 aromatic rings. The summed E-state index contributed by atoms with van der Waals surface area (Å²) in [5.41, 5.74) is 0. The van der Waals surface area contributed by atoms with Gasteiger partial charge in [0.15, 0.2) is 0 Å². The summed E-state index contributed by atoms with van der Waals surface area (Å²) >= 11 is 0. The first-order chi connectivity index (χ1) is 7.97. The van der Waals surface area contributed by atoms with Crippen LogP contribution in [-0.2, 0) is 27.5 Å². The normalized spacial score (nSPS) is 10.6. The number of carbonyl (C=O) groups excluding carboxylic acids is 2. The number of esters is 1. The molecule has 0 radical (unpaired) electrons. The molecule has 5 nitrogen and oxygen atoms in total. The maximum Gasteiger partial charge on any atom is 0.313 e. The van der Waals surface area contributed by atoms with Gasteiger partial charge in [-0.15, -0.1) is 0 Å². The molecule has 0 aliphatic carbocycles. The second kappa shape index (κ2) is 6.20. The van der Waals surface area contributed by atoms with Crippen LogP contribution >= 0.6 is 0 Å². The predicted molar refractivity (Wildman–Crippen MR) is 61.2 cm³/mol. The molecule has 0 aliphatic heterocycles. The lowest BCUT2D eigenvalue weighted by Gasteiger charge is -2.05. The van der Waals surface area contributed by atoms with Crippen LogP contribution in [0.5, 0.6) is 0 Å². The smallest absolute Gasteiger partial charge is 0.313 e. The number of carbonyl (C=O) groups is 2. The van der Waals surface area contributed by atoms with Crippen LogP contribution < -0.4 is 0 Å². The van der Waals surface area contributed by atoms with Crippen LogP contribution in [0.2, 0.25) is 0 Å². The highest BCUT2D eigenvalue weighted by molar-refractivity contribution is 5.94. The number of hydrogen-bond acceptors (Lipinski definition) is 5. The molecule has 0 aliphatic rings. The van der Waals surface area contributed by atoms with E-state index in [4.69, 9.17) is 9.15 Å². The van der Waals surface area contributed by atoms with E-state index in [-0.39, 0.29) is 18.8 Å². The summed E-state index contributed by atoms with van der Waals surface area (Å²) in [5.74, 6) is 0.664. The van der Waals surface area contributed by atoms with Gasteiger partial charge in [-0.1, -0.05) is 0 Å². The second-order valence-corrected chi connectivity index (χ2v) is 4.15. The Kier molecular flexibility index (Phi) is 4.90. The Morgan fingerprint density at radius 3 is 2.53 bits per heavy atom. The third kappa shape index (κ3) is 5.31. The van der Waals surface area contributed by atoms with E-state index in [0.717, 1.165) is 5.76 Å². The molecular formula is C12H17NO4. The Morgan fingerprint density at radius 2 is 1.94 bits per heavy atom. The van der Waals surface area contributed by atoms with Crippen molar-refractivity contribution in [1.82, 2.24) is 4.90 Å². The average molecular weight is 239 g/mol. The Bertz CT molecular complexity index is 395. The molecular weight excluding hydrogens is 222 g/mol. The molecule has 1 heterocycles. The minimum Gasteiger partial charge on any atom is -0.461 e. The van der Waals surface area contributed by atoms with Gasteiger partial charge in [-0.3, -0.25) is 9.59 Å². The zero-order valence-electron chi connectivity index (χ0n) is 10.4. The highest BCUT2D eigenvalue weighted by Gasteiger charge is 2.09. The minimum absolute atomic E-state index is 0.0690. The molecule has 0 atom stereocenters. The first kappa shape index (κ1) is 13.4. The summed E-state index contributed by atoms with van der Waals surface area (Å²) < 4.78 is 10.3. The Balaban J connectivity index is 2.39. The molecule has 17 heavy (non-hydrogen) atoms. The molecule has 0 aromatic carbocycles. The Hall–Kier alpha value is -1.62.